The van der Waals surface area contributed by atoms with Gasteiger partial charge in [0.1, 0.15) is 24.1 Å². The molecule has 6 nitrogen and oxygen atoms in total. The first-order valence-corrected chi connectivity index (χ1v) is 11.3. The summed E-state index contributed by atoms with van der Waals surface area (Å²) in [6.07, 6.45) is -5.08. The largest absolute Gasteiger partial charge is 0.493 e. The van der Waals surface area contributed by atoms with Crippen LogP contribution in [0.4, 0.5) is 32.2 Å². The van der Waals surface area contributed by atoms with Crippen molar-refractivity contribution in [3.8, 4) is 11.5 Å². The minimum Gasteiger partial charge on any atom is -0.493 e. The lowest BCUT2D eigenvalue weighted by molar-refractivity contribution is -0.137. The number of rotatable bonds is 9. The van der Waals surface area contributed by atoms with E-state index in [1.807, 2.05) is 0 Å². The van der Waals surface area contributed by atoms with Gasteiger partial charge in [-0.2, -0.15) is 13.2 Å². The van der Waals surface area contributed by atoms with Crippen LogP contribution in [0.15, 0.2) is 30.3 Å². The highest BCUT2D eigenvalue weighted by Crippen LogP contribution is 2.60. The Kier molecular flexibility index (Phi) is 6.91. The van der Waals surface area contributed by atoms with Crippen LogP contribution in [0.5, 0.6) is 11.5 Å². The van der Waals surface area contributed by atoms with Gasteiger partial charge < -0.3 is 19.5 Å². The number of anilines is 1. The molecule has 3 aromatic rings. The first-order chi connectivity index (χ1) is 17.3. The highest BCUT2D eigenvalue weighted by molar-refractivity contribution is 5.92. The minimum atomic E-state index is -4.71. The van der Waals surface area contributed by atoms with Gasteiger partial charge in [0.25, 0.3) is 5.92 Å². The van der Waals surface area contributed by atoms with Crippen molar-refractivity contribution in [3.63, 3.8) is 0 Å². The molecule has 0 amide bonds. The molecule has 1 aliphatic carbocycles. The average molecular weight is 529 g/mol. The Morgan fingerprint density at radius 2 is 1.73 bits per heavy atom. The van der Waals surface area contributed by atoms with Gasteiger partial charge in [-0.3, -0.25) is 0 Å². The maximum Gasteiger partial charge on any atom is 0.416 e. The molecule has 0 saturated heterocycles. The third kappa shape index (κ3) is 5.39. The van der Waals surface area contributed by atoms with E-state index in [0.717, 1.165) is 12.1 Å². The molecule has 1 unspecified atom stereocenters. The van der Waals surface area contributed by atoms with E-state index in [1.165, 1.54) is 20.3 Å². The number of nitrogens with one attached hydrogen (secondary N) is 1. The van der Waals surface area contributed by atoms with Crippen LogP contribution in [-0.4, -0.2) is 43.3 Å². The summed E-state index contributed by atoms with van der Waals surface area (Å²) in [6, 6.07) is 4.57. The van der Waals surface area contributed by atoms with Crippen LogP contribution in [-0.2, 0) is 10.9 Å². The number of ether oxygens (including phenoxy) is 3. The zero-order valence-corrected chi connectivity index (χ0v) is 20.5. The van der Waals surface area contributed by atoms with Gasteiger partial charge in [-0.25, -0.2) is 23.1 Å². The molecule has 200 valence electrons. The third-order valence-electron chi connectivity index (χ3n) is 6.33. The van der Waals surface area contributed by atoms with Gasteiger partial charge in [-0.1, -0.05) is 0 Å². The van der Waals surface area contributed by atoms with Gasteiger partial charge in [-0.15, -0.1) is 0 Å². The molecule has 12 heteroatoms. The third-order valence-corrected chi connectivity index (χ3v) is 6.33. The second-order valence-corrected chi connectivity index (χ2v) is 9.16. The topological polar surface area (TPSA) is 65.5 Å². The Hall–Kier alpha value is -3.28. The van der Waals surface area contributed by atoms with E-state index in [2.05, 4.69) is 15.3 Å². The van der Waals surface area contributed by atoms with Gasteiger partial charge >= 0.3 is 6.18 Å². The predicted octanol–water partition coefficient (Wildman–Crippen LogP) is 6.33. The molecule has 1 fully saturated rings. The van der Waals surface area contributed by atoms with E-state index in [4.69, 9.17) is 14.2 Å². The molecule has 1 N–H and O–H groups in total. The molecular formula is C25H25F6N3O3. The number of nitrogens with zero attached hydrogens (tertiary/aromatic N) is 2. The molecule has 37 heavy (non-hydrogen) atoms. The highest BCUT2D eigenvalue weighted by Gasteiger charge is 2.71. The van der Waals surface area contributed by atoms with Crippen LogP contribution < -0.4 is 14.8 Å². The summed E-state index contributed by atoms with van der Waals surface area (Å²) >= 11 is 0. The Morgan fingerprint density at radius 1 is 1.03 bits per heavy atom. The van der Waals surface area contributed by atoms with Crippen LogP contribution in [0.3, 0.4) is 0 Å². The standard InChI is InChI=1S/C25H25F6N3O3/c1-13(15-5-16(25(29,30)31)7-17(26)6-15)32-22-18-8-21(20(36-4)9-19(18)33-14(2)34-22)37-12-23(11-35-3)10-24(23,27)28/h5-9,13H,10-12H2,1-4H3,(H,32,33,34)/t13-,23?/m1/s1. The van der Waals surface area contributed by atoms with Crippen molar-refractivity contribution in [1.82, 2.24) is 9.97 Å². The van der Waals surface area contributed by atoms with E-state index in [-0.39, 0.29) is 42.5 Å². The number of halogens is 6. The Morgan fingerprint density at radius 3 is 2.32 bits per heavy atom. The van der Waals surface area contributed by atoms with Crippen molar-refractivity contribution in [2.75, 3.05) is 32.8 Å². The maximum absolute atomic E-state index is 14.0. The summed E-state index contributed by atoms with van der Waals surface area (Å²) in [5, 5.41) is 3.42. The monoisotopic (exact) mass is 529 g/mol. The molecule has 0 bridgehead atoms. The number of benzene rings is 2. The first kappa shape index (κ1) is 26.8. The molecule has 0 aliphatic heterocycles. The summed E-state index contributed by atoms with van der Waals surface area (Å²) < 4.78 is 97.6. The fourth-order valence-corrected chi connectivity index (χ4v) is 4.18. The van der Waals surface area contributed by atoms with E-state index in [1.54, 1.807) is 19.9 Å². The Bertz CT molecular complexity index is 1320. The van der Waals surface area contributed by atoms with Gasteiger partial charge in [0.15, 0.2) is 11.5 Å². The maximum atomic E-state index is 14.0. The molecule has 4 rings (SSSR count). The molecule has 0 spiro atoms. The van der Waals surface area contributed by atoms with E-state index in [9.17, 15) is 26.3 Å². The summed E-state index contributed by atoms with van der Waals surface area (Å²) in [7, 11) is 2.73. The smallest absolute Gasteiger partial charge is 0.416 e. The number of methoxy groups -OCH3 is 2. The van der Waals surface area contributed by atoms with Gasteiger partial charge in [0, 0.05) is 25.0 Å². The van der Waals surface area contributed by atoms with Gasteiger partial charge in [0.2, 0.25) is 0 Å². The normalized spacial score (nSPS) is 19.5. The summed E-state index contributed by atoms with van der Waals surface area (Å²) in [5.41, 5.74) is -2.08. The fourth-order valence-electron chi connectivity index (χ4n) is 4.18. The van der Waals surface area contributed by atoms with Crippen molar-refractivity contribution in [2.24, 2.45) is 5.41 Å². The van der Waals surface area contributed by atoms with Crippen LogP contribution in [0.2, 0.25) is 0 Å². The van der Waals surface area contributed by atoms with Crippen LogP contribution in [0.1, 0.15) is 36.3 Å². The van der Waals surface area contributed by atoms with E-state index < -0.39 is 34.9 Å². The lowest BCUT2D eigenvalue weighted by Gasteiger charge is -2.20. The van der Waals surface area contributed by atoms with Crippen molar-refractivity contribution < 1.29 is 40.6 Å². The molecule has 1 saturated carbocycles. The quantitative estimate of drug-likeness (QED) is 0.327. The van der Waals surface area contributed by atoms with Crippen molar-refractivity contribution >= 4 is 16.7 Å². The van der Waals surface area contributed by atoms with E-state index >= 15 is 0 Å². The van der Waals surface area contributed by atoms with Crippen molar-refractivity contribution in [3.05, 3.63) is 53.1 Å². The molecular weight excluding hydrogens is 504 g/mol. The summed E-state index contributed by atoms with van der Waals surface area (Å²) in [5.74, 6) is -2.95. The first-order valence-electron chi connectivity index (χ1n) is 11.3. The van der Waals surface area contributed by atoms with Crippen molar-refractivity contribution in [1.29, 1.82) is 0 Å². The van der Waals surface area contributed by atoms with Crippen molar-refractivity contribution in [2.45, 2.75) is 38.4 Å². The number of fused-ring (bicyclic) bond motifs is 1. The zero-order valence-electron chi connectivity index (χ0n) is 20.5. The van der Waals surface area contributed by atoms with E-state index in [0.29, 0.717) is 22.8 Å². The lowest BCUT2D eigenvalue weighted by Crippen LogP contribution is -2.25. The second-order valence-electron chi connectivity index (χ2n) is 9.16. The van der Waals surface area contributed by atoms with Crippen LogP contribution >= 0.6 is 0 Å². The highest BCUT2D eigenvalue weighted by atomic mass is 19.4. The van der Waals surface area contributed by atoms with Gasteiger partial charge in [-0.05, 0) is 43.7 Å². The SMILES string of the molecule is COCC1(COc2cc3c(N[C@H](C)c4cc(F)cc(C(F)(F)F)c4)nc(C)nc3cc2OC)CC1(F)F. The summed E-state index contributed by atoms with van der Waals surface area (Å²) in [6.45, 7) is 2.67. The predicted molar refractivity (Wildman–Crippen MR) is 124 cm³/mol. The molecule has 1 aromatic heterocycles. The number of aryl methyl sites for hydroxylation is 1. The Balaban J connectivity index is 1.68. The molecule has 2 atom stereocenters. The molecule has 1 heterocycles. The van der Waals surface area contributed by atoms with Crippen LogP contribution in [0, 0.1) is 18.2 Å². The molecule has 0 radical (unpaired) electrons. The van der Waals surface area contributed by atoms with Gasteiger partial charge in [0.05, 0.1) is 36.3 Å². The summed E-state index contributed by atoms with van der Waals surface area (Å²) in [4.78, 5) is 8.72. The number of hydrogen-bond acceptors (Lipinski definition) is 6. The lowest BCUT2D eigenvalue weighted by atomic mass is 10.0. The number of alkyl halides is 5. The Labute approximate surface area is 209 Å². The number of aromatic nitrogens is 2. The average Bonchev–Trinajstić information content (AvgIpc) is 3.35. The number of hydrogen-bond donors (Lipinski definition) is 1. The zero-order chi connectivity index (χ0) is 27.2. The fraction of sp³-hybridized carbons (Fsp3) is 0.440. The minimum absolute atomic E-state index is 0.0548. The molecule has 2 aromatic carbocycles. The van der Waals surface area contributed by atoms with Crippen LogP contribution in [0.25, 0.3) is 10.9 Å². The molecule has 1 aliphatic rings. The second kappa shape index (κ2) is 9.55.